The molecule has 0 radical (unpaired) electrons. The first-order chi connectivity index (χ1) is 10.6. The number of benzene rings is 1. The number of halogens is 1. The molecule has 0 aliphatic carbocycles. The van der Waals surface area contributed by atoms with Gasteiger partial charge in [-0.1, -0.05) is 11.6 Å². The normalized spacial score (nSPS) is 17.4. The molecule has 0 unspecified atom stereocenters. The van der Waals surface area contributed by atoms with Gasteiger partial charge in [-0.2, -0.15) is 0 Å². The summed E-state index contributed by atoms with van der Waals surface area (Å²) in [5.74, 6) is -0.401. The highest BCUT2D eigenvalue weighted by atomic mass is 35.5. The number of aliphatic carboxylic acids is 1. The Labute approximate surface area is 133 Å². The average Bonchev–Trinajstić information content (AvgIpc) is 3.03. The summed E-state index contributed by atoms with van der Waals surface area (Å²) < 4.78 is 5.28. The summed E-state index contributed by atoms with van der Waals surface area (Å²) in [6.45, 7) is 2.87. The molecule has 0 amide bonds. The van der Waals surface area contributed by atoms with Gasteiger partial charge in [-0.25, -0.2) is 0 Å². The van der Waals surface area contributed by atoms with Crippen LogP contribution in [0.15, 0.2) is 47.1 Å². The molecular formula is C16H17ClN2O3. The lowest BCUT2D eigenvalue weighted by Crippen LogP contribution is -2.49. The van der Waals surface area contributed by atoms with Crippen molar-refractivity contribution in [2.45, 2.75) is 6.04 Å². The van der Waals surface area contributed by atoms with Gasteiger partial charge in [0.15, 0.2) is 6.04 Å². The number of carboxylic acids is 1. The van der Waals surface area contributed by atoms with E-state index in [1.807, 2.05) is 29.2 Å². The Bertz CT molecular complexity index is 619. The fraction of sp³-hybridized carbons (Fsp3) is 0.312. The number of carboxylic acid groups (broad SMARTS) is 1. The molecule has 3 rings (SSSR count). The number of carbonyl (C=O) groups is 1. The Hall–Kier alpha value is -1.98. The monoisotopic (exact) mass is 320 g/mol. The van der Waals surface area contributed by atoms with Crippen LogP contribution in [0.2, 0.25) is 5.02 Å². The van der Waals surface area contributed by atoms with Crippen LogP contribution in [0.25, 0.3) is 0 Å². The molecule has 1 saturated heterocycles. The largest absolute Gasteiger partial charge is 0.480 e. The Morgan fingerprint density at radius 2 is 1.82 bits per heavy atom. The van der Waals surface area contributed by atoms with Crippen molar-refractivity contribution in [3.63, 3.8) is 0 Å². The van der Waals surface area contributed by atoms with Gasteiger partial charge in [0.25, 0.3) is 0 Å². The third-order valence-electron chi connectivity index (χ3n) is 3.92. The zero-order valence-corrected chi connectivity index (χ0v) is 12.7. The molecule has 1 aliphatic heterocycles. The highest BCUT2D eigenvalue weighted by Crippen LogP contribution is 2.25. The van der Waals surface area contributed by atoms with Crippen molar-refractivity contribution < 1.29 is 14.3 Å². The minimum Gasteiger partial charge on any atom is -0.480 e. The van der Waals surface area contributed by atoms with E-state index in [0.717, 1.165) is 18.8 Å². The van der Waals surface area contributed by atoms with Gasteiger partial charge >= 0.3 is 5.97 Å². The molecule has 5 nitrogen and oxygen atoms in total. The first kappa shape index (κ1) is 14.9. The molecule has 0 bridgehead atoms. The lowest BCUT2D eigenvalue weighted by Gasteiger charge is -2.38. The van der Waals surface area contributed by atoms with Crippen molar-refractivity contribution in [3.05, 3.63) is 53.4 Å². The number of anilines is 1. The predicted octanol–water partition coefficient (Wildman–Crippen LogP) is 2.88. The van der Waals surface area contributed by atoms with Gasteiger partial charge in [-0.15, -0.1) is 0 Å². The van der Waals surface area contributed by atoms with Crippen LogP contribution in [0.3, 0.4) is 0 Å². The first-order valence-corrected chi connectivity index (χ1v) is 7.54. The molecule has 1 fully saturated rings. The molecule has 1 aliphatic rings. The van der Waals surface area contributed by atoms with E-state index in [1.165, 1.54) is 6.26 Å². The van der Waals surface area contributed by atoms with Crippen molar-refractivity contribution in [2.75, 3.05) is 31.1 Å². The zero-order valence-electron chi connectivity index (χ0n) is 12.0. The second-order valence-corrected chi connectivity index (χ2v) is 5.69. The maximum atomic E-state index is 11.6. The molecule has 1 N–H and O–H groups in total. The second-order valence-electron chi connectivity index (χ2n) is 5.26. The van der Waals surface area contributed by atoms with Gasteiger partial charge < -0.3 is 14.4 Å². The van der Waals surface area contributed by atoms with Crippen LogP contribution >= 0.6 is 11.6 Å². The number of rotatable bonds is 4. The topological polar surface area (TPSA) is 56.9 Å². The summed E-state index contributed by atoms with van der Waals surface area (Å²) in [4.78, 5) is 15.7. The number of nitrogens with zero attached hydrogens (tertiary/aromatic N) is 2. The van der Waals surface area contributed by atoms with Gasteiger partial charge in [-0.05, 0) is 36.4 Å². The van der Waals surface area contributed by atoms with E-state index in [9.17, 15) is 9.90 Å². The molecule has 1 aromatic carbocycles. The number of hydrogen-bond acceptors (Lipinski definition) is 4. The van der Waals surface area contributed by atoms with E-state index in [1.54, 1.807) is 12.1 Å². The summed E-state index contributed by atoms with van der Waals surface area (Å²) >= 11 is 5.90. The van der Waals surface area contributed by atoms with Crippen LogP contribution in [-0.4, -0.2) is 42.2 Å². The van der Waals surface area contributed by atoms with E-state index in [-0.39, 0.29) is 0 Å². The van der Waals surface area contributed by atoms with Crippen LogP contribution < -0.4 is 4.90 Å². The number of hydrogen-bond donors (Lipinski definition) is 1. The van der Waals surface area contributed by atoms with Gasteiger partial charge in [0, 0.05) is 36.9 Å². The molecule has 0 saturated carbocycles. The lowest BCUT2D eigenvalue weighted by molar-refractivity contribution is -0.144. The van der Waals surface area contributed by atoms with E-state index >= 15 is 0 Å². The van der Waals surface area contributed by atoms with E-state index in [0.29, 0.717) is 23.9 Å². The molecule has 0 spiro atoms. The molecule has 2 aromatic rings. The van der Waals surface area contributed by atoms with E-state index in [2.05, 4.69) is 4.90 Å². The van der Waals surface area contributed by atoms with Gasteiger partial charge in [-0.3, -0.25) is 9.69 Å². The predicted molar refractivity (Wildman–Crippen MR) is 84.3 cm³/mol. The van der Waals surface area contributed by atoms with Crippen molar-refractivity contribution in [2.24, 2.45) is 0 Å². The summed E-state index contributed by atoms with van der Waals surface area (Å²) in [6.07, 6.45) is 1.51. The maximum absolute atomic E-state index is 11.6. The average molecular weight is 321 g/mol. The third-order valence-corrected chi connectivity index (χ3v) is 4.17. The van der Waals surface area contributed by atoms with Crippen molar-refractivity contribution >= 4 is 23.3 Å². The molecule has 1 atom stereocenters. The minimum atomic E-state index is -0.880. The minimum absolute atomic E-state index is 0.479. The molecule has 116 valence electrons. The summed E-state index contributed by atoms with van der Waals surface area (Å²) in [7, 11) is 0. The highest BCUT2D eigenvalue weighted by molar-refractivity contribution is 6.30. The van der Waals surface area contributed by atoms with E-state index in [4.69, 9.17) is 16.0 Å². The number of piperazine rings is 1. The van der Waals surface area contributed by atoms with Crippen LogP contribution in [0.5, 0.6) is 0 Å². The van der Waals surface area contributed by atoms with Gasteiger partial charge in [0.2, 0.25) is 0 Å². The van der Waals surface area contributed by atoms with Crippen LogP contribution in [0.1, 0.15) is 11.8 Å². The van der Waals surface area contributed by atoms with Crippen molar-refractivity contribution in [1.29, 1.82) is 0 Å². The molecule has 6 heteroatoms. The Balaban J connectivity index is 1.68. The third kappa shape index (κ3) is 3.10. The Morgan fingerprint density at radius 3 is 2.36 bits per heavy atom. The fourth-order valence-electron chi connectivity index (χ4n) is 2.79. The highest BCUT2D eigenvalue weighted by Gasteiger charge is 2.32. The number of furan rings is 1. The van der Waals surface area contributed by atoms with Crippen LogP contribution in [0, 0.1) is 0 Å². The van der Waals surface area contributed by atoms with Gasteiger partial charge in [0.05, 0.1) is 6.26 Å². The first-order valence-electron chi connectivity index (χ1n) is 7.16. The zero-order chi connectivity index (χ0) is 15.5. The smallest absolute Gasteiger partial charge is 0.328 e. The summed E-state index contributed by atoms with van der Waals surface area (Å²) in [5, 5.41) is 10.2. The van der Waals surface area contributed by atoms with Crippen LogP contribution in [-0.2, 0) is 4.79 Å². The van der Waals surface area contributed by atoms with Gasteiger partial charge in [0.1, 0.15) is 5.76 Å². The fourth-order valence-corrected chi connectivity index (χ4v) is 2.92. The molecule has 22 heavy (non-hydrogen) atoms. The molecule has 2 heterocycles. The second kappa shape index (κ2) is 6.42. The SMILES string of the molecule is O=C(O)[C@@H](c1ccco1)N1CCN(c2ccc(Cl)cc2)CC1. The summed E-state index contributed by atoms with van der Waals surface area (Å²) in [6, 6.07) is 10.4. The molecular weight excluding hydrogens is 304 g/mol. The van der Waals surface area contributed by atoms with Crippen molar-refractivity contribution in [1.82, 2.24) is 4.90 Å². The Kier molecular flexibility index (Phi) is 4.36. The standard InChI is InChI=1S/C16H17ClN2O3/c17-12-3-5-13(6-4-12)18-7-9-19(10-8-18)15(16(20)21)14-2-1-11-22-14/h1-6,11,15H,7-10H2,(H,20,21)/t15-/m1/s1. The maximum Gasteiger partial charge on any atom is 0.328 e. The Morgan fingerprint density at radius 1 is 1.14 bits per heavy atom. The van der Waals surface area contributed by atoms with Crippen LogP contribution in [0.4, 0.5) is 5.69 Å². The van der Waals surface area contributed by atoms with E-state index < -0.39 is 12.0 Å². The molecule has 1 aromatic heterocycles. The van der Waals surface area contributed by atoms with Crippen molar-refractivity contribution in [3.8, 4) is 0 Å². The quantitative estimate of drug-likeness (QED) is 0.938. The lowest BCUT2D eigenvalue weighted by atomic mass is 10.1. The summed E-state index contributed by atoms with van der Waals surface area (Å²) in [5.41, 5.74) is 1.11.